The van der Waals surface area contributed by atoms with Crippen molar-refractivity contribution in [3.8, 4) is 28.9 Å². The minimum Gasteiger partial charge on any atom is -0.481 e. The highest BCUT2D eigenvalue weighted by Gasteiger charge is 2.22. The molecule has 4 rings (SSSR count). The predicted octanol–water partition coefficient (Wildman–Crippen LogP) is 3.94. The first-order chi connectivity index (χ1) is 14.7. The second-order valence-corrected chi connectivity index (χ2v) is 7.06. The van der Waals surface area contributed by atoms with E-state index in [0.29, 0.717) is 35.4 Å². The maximum absolute atomic E-state index is 12.1. The summed E-state index contributed by atoms with van der Waals surface area (Å²) in [4.78, 5) is 25.4. The molecule has 1 aliphatic heterocycles. The molecule has 1 amide bonds. The molecule has 0 radical (unpaired) electrons. The third kappa shape index (κ3) is 4.92. The van der Waals surface area contributed by atoms with E-state index >= 15 is 0 Å². The summed E-state index contributed by atoms with van der Waals surface area (Å²) in [7, 11) is 0. The number of amides is 1. The molecule has 1 unspecified atom stereocenters. The first-order valence-corrected chi connectivity index (χ1v) is 10.2. The number of hydrogen-bond acceptors (Lipinski definition) is 6. The summed E-state index contributed by atoms with van der Waals surface area (Å²) in [5.41, 5.74) is 1.57. The fourth-order valence-corrected chi connectivity index (χ4v) is 3.21. The fraction of sp³-hybridized carbons (Fsp3) is 0.304. The topological polar surface area (TPSA) is 86.2 Å². The van der Waals surface area contributed by atoms with E-state index in [1.54, 1.807) is 30.5 Å². The van der Waals surface area contributed by atoms with Crippen molar-refractivity contribution in [2.45, 2.75) is 38.7 Å². The van der Waals surface area contributed by atoms with E-state index in [-0.39, 0.29) is 5.91 Å². The summed E-state index contributed by atoms with van der Waals surface area (Å²) in [6.45, 7) is 2.74. The van der Waals surface area contributed by atoms with Crippen LogP contribution in [0.1, 0.15) is 31.9 Å². The van der Waals surface area contributed by atoms with Crippen LogP contribution in [-0.2, 0) is 11.2 Å². The molecule has 1 N–H and O–H groups in total. The van der Waals surface area contributed by atoms with Crippen LogP contribution in [-0.4, -0.2) is 33.5 Å². The van der Waals surface area contributed by atoms with E-state index < -0.39 is 6.10 Å². The molecule has 0 aliphatic carbocycles. The Morgan fingerprint density at radius 3 is 2.67 bits per heavy atom. The van der Waals surface area contributed by atoms with E-state index in [1.807, 2.05) is 31.2 Å². The number of ether oxygens (including phenoxy) is 2. The zero-order valence-corrected chi connectivity index (χ0v) is 16.9. The Morgan fingerprint density at radius 1 is 1.07 bits per heavy atom. The molecule has 7 heteroatoms. The summed E-state index contributed by atoms with van der Waals surface area (Å²) in [5.74, 6) is 2.20. The number of aromatic nitrogens is 3. The lowest BCUT2D eigenvalue weighted by molar-refractivity contribution is -0.127. The molecule has 1 atom stereocenters. The summed E-state index contributed by atoms with van der Waals surface area (Å²) in [6, 6.07) is 14.7. The van der Waals surface area contributed by atoms with Gasteiger partial charge in [-0.25, -0.2) is 4.98 Å². The Morgan fingerprint density at radius 2 is 1.90 bits per heavy atom. The molecule has 3 aromatic rings. The van der Waals surface area contributed by atoms with Crippen molar-refractivity contribution in [3.63, 3.8) is 0 Å². The van der Waals surface area contributed by atoms with Gasteiger partial charge in [-0.15, -0.1) is 0 Å². The van der Waals surface area contributed by atoms with Crippen LogP contribution in [0.3, 0.4) is 0 Å². The third-order valence-electron chi connectivity index (χ3n) is 4.82. The minimum absolute atomic E-state index is 0.0528. The van der Waals surface area contributed by atoms with Crippen molar-refractivity contribution in [2.24, 2.45) is 0 Å². The van der Waals surface area contributed by atoms with Gasteiger partial charge in [-0.2, -0.15) is 4.98 Å². The molecule has 154 valence electrons. The number of aryl methyl sites for hydroxylation is 1. The van der Waals surface area contributed by atoms with Crippen molar-refractivity contribution in [1.29, 1.82) is 0 Å². The average Bonchev–Trinajstić information content (AvgIpc) is 2.99. The molecule has 0 spiro atoms. The number of rotatable bonds is 6. The van der Waals surface area contributed by atoms with Gasteiger partial charge < -0.3 is 14.8 Å². The Hall–Kier alpha value is -3.48. The number of nitrogens with one attached hydrogen (secondary N) is 1. The molecule has 1 aliphatic rings. The first-order valence-electron chi connectivity index (χ1n) is 10.2. The molecule has 0 bridgehead atoms. The van der Waals surface area contributed by atoms with Crippen molar-refractivity contribution in [3.05, 3.63) is 60.4 Å². The monoisotopic (exact) mass is 404 g/mol. The Labute approximate surface area is 175 Å². The van der Waals surface area contributed by atoms with Crippen LogP contribution in [0.15, 0.2) is 54.7 Å². The SMILES string of the molecule is CCc1cc(Oc2ccc(OC3CCCCNC3=O)cc2)nc(-c2ccccn2)n1. The molecular formula is C23H24N4O3. The van der Waals surface area contributed by atoms with Gasteiger partial charge in [-0.1, -0.05) is 13.0 Å². The van der Waals surface area contributed by atoms with Gasteiger partial charge in [0.2, 0.25) is 5.88 Å². The quantitative estimate of drug-likeness (QED) is 0.670. The Bertz CT molecular complexity index is 993. The van der Waals surface area contributed by atoms with E-state index in [4.69, 9.17) is 9.47 Å². The van der Waals surface area contributed by atoms with Gasteiger partial charge in [0.05, 0.1) is 0 Å². The second kappa shape index (κ2) is 9.35. The molecule has 3 heterocycles. The van der Waals surface area contributed by atoms with Crippen LogP contribution in [0.2, 0.25) is 0 Å². The molecule has 1 aromatic carbocycles. The maximum Gasteiger partial charge on any atom is 0.261 e. The van der Waals surface area contributed by atoms with Gasteiger partial charge in [-0.3, -0.25) is 9.78 Å². The van der Waals surface area contributed by atoms with Crippen LogP contribution in [0.4, 0.5) is 0 Å². The third-order valence-corrected chi connectivity index (χ3v) is 4.82. The number of benzene rings is 1. The molecule has 1 fully saturated rings. The van der Waals surface area contributed by atoms with Crippen molar-refractivity contribution in [2.75, 3.05) is 6.54 Å². The highest BCUT2D eigenvalue weighted by Crippen LogP contribution is 2.26. The lowest BCUT2D eigenvalue weighted by Crippen LogP contribution is -2.36. The maximum atomic E-state index is 12.1. The molecule has 30 heavy (non-hydrogen) atoms. The number of carbonyl (C=O) groups is 1. The van der Waals surface area contributed by atoms with Gasteiger partial charge in [0, 0.05) is 24.5 Å². The average molecular weight is 404 g/mol. The van der Waals surface area contributed by atoms with Gasteiger partial charge in [0.15, 0.2) is 11.9 Å². The number of nitrogens with zero attached hydrogens (tertiary/aromatic N) is 3. The zero-order chi connectivity index (χ0) is 20.8. The fourth-order valence-electron chi connectivity index (χ4n) is 3.21. The van der Waals surface area contributed by atoms with Crippen LogP contribution in [0.25, 0.3) is 11.5 Å². The van der Waals surface area contributed by atoms with Crippen LogP contribution in [0.5, 0.6) is 17.4 Å². The standard InChI is InChI=1S/C23H24N4O3/c1-2-16-15-21(27-22(26-16)19-7-3-5-13-24-19)30-18-11-9-17(10-12-18)29-20-8-4-6-14-25-23(20)28/h3,5,7,9-13,15,20H,2,4,6,8,14H2,1H3,(H,25,28). The first kappa shape index (κ1) is 19.8. The normalized spacial score (nSPS) is 16.4. The van der Waals surface area contributed by atoms with E-state index in [1.165, 1.54) is 0 Å². The molecule has 2 aromatic heterocycles. The second-order valence-electron chi connectivity index (χ2n) is 7.06. The summed E-state index contributed by atoms with van der Waals surface area (Å²) >= 11 is 0. The highest BCUT2D eigenvalue weighted by molar-refractivity contribution is 5.81. The summed E-state index contributed by atoms with van der Waals surface area (Å²) in [6.07, 6.45) is 4.70. The smallest absolute Gasteiger partial charge is 0.261 e. The zero-order valence-electron chi connectivity index (χ0n) is 16.9. The largest absolute Gasteiger partial charge is 0.481 e. The van der Waals surface area contributed by atoms with E-state index in [9.17, 15) is 4.79 Å². The van der Waals surface area contributed by atoms with Crippen molar-refractivity contribution < 1.29 is 14.3 Å². The van der Waals surface area contributed by atoms with Crippen LogP contribution in [0, 0.1) is 0 Å². The number of pyridine rings is 1. The Kier molecular flexibility index (Phi) is 6.17. The molecule has 7 nitrogen and oxygen atoms in total. The summed E-state index contributed by atoms with van der Waals surface area (Å²) in [5, 5.41) is 2.88. The molecule has 1 saturated heterocycles. The van der Waals surface area contributed by atoms with Crippen molar-refractivity contribution >= 4 is 5.91 Å². The predicted molar refractivity (Wildman–Crippen MR) is 112 cm³/mol. The lowest BCUT2D eigenvalue weighted by atomic mass is 10.2. The number of carbonyl (C=O) groups excluding carboxylic acids is 1. The Balaban J connectivity index is 1.48. The van der Waals surface area contributed by atoms with Crippen LogP contribution < -0.4 is 14.8 Å². The molecule has 0 saturated carbocycles. The summed E-state index contributed by atoms with van der Waals surface area (Å²) < 4.78 is 11.8. The van der Waals surface area contributed by atoms with Gasteiger partial charge in [0.25, 0.3) is 5.91 Å². The number of hydrogen-bond donors (Lipinski definition) is 1. The highest BCUT2D eigenvalue weighted by atomic mass is 16.5. The van der Waals surface area contributed by atoms with E-state index in [2.05, 4.69) is 20.3 Å². The minimum atomic E-state index is -0.450. The van der Waals surface area contributed by atoms with Gasteiger partial charge >= 0.3 is 0 Å². The van der Waals surface area contributed by atoms with Crippen molar-refractivity contribution in [1.82, 2.24) is 20.3 Å². The lowest BCUT2D eigenvalue weighted by Gasteiger charge is -2.16. The van der Waals surface area contributed by atoms with Gasteiger partial charge in [0.1, 0.15) is 17.2 Å². The van der Waals surface area contributed by atoms with Gasteiger partial charge in [-0.05, 0) is 62.1 Å². The van der Waals surface area contributed by atoms with Crippen LogP contribution >= 0.6 is 0 Å². The molecular weight excluding hydrogens is 380 g/mol. The van der Waals surface area contributed by atoms with E-state index in [0.717, 1.165) is 31.4 Å².